The highest BCUT2D eigenvalue weighted by molar-refractivity contribution is 7.13. The molecule has 1 N–H and O–H groups in total. The zero-order chi connectivity index (χ0) is 17.6. The molecular weight excluding hydrogens is 322 g/mol. The van der Waals surface area contributed by atoms with Gasteiger partial charge in [-0.15, -0.1) is 11.3 Å². The molecule has 5 heteroatoms. The minimum absolute atomic E-state index is 0.299. The number of benzene rings is 1. The van der Waals surface area contributed by atoms with E-state index >= 15 is 0 Å². The largest absolute Gasteiger partial charge is 0.461 e. The quantitative estimate of drug-likeness (QED) is 0.576. The van der Waals surface area contributed by atoms with Crippen LogP contribution in [0.15, 0.2) is 30.3 Å². The third-order valence-electron chi connectivity index (χ3n) is 3.64. The molecule has 0 amide bonds. The summed E-state index contributed by atoms with van der Waals surface area (Å²) in [5.41, 5.74) is 1.25. The molecule has 0 fully saturated rings. The summed E-state index contributed by atoms with van der Waals surface area (Å²) in [6.07, 6.45) is 3.01. The maximum atomic E-state index is 12.2. The highest BCUT2D eigenvalue weighted by Crippen LogP contribution is 2.22. The fourth-order valence-electron chi connectivity index (χ4n) is 2.38. The van der Waals surface area contributed by atoms with Crippen molar-refractivity contribution in [3.63, 3.8) is 0 Å². The second-order valence-corrected chi connectivity index (χ2v) is 7.67. The van der Waals surface area contributed by atoms with E-state index in [-0.39, 0.29) is 5.97 Å². The molecule has 1 heterocycles. The number of aryl methyl sites for hydroxylation is 1. The highest BCUT2D eigenvalue weighted by atomic mass is 32.1. The van der Waals surface area contributed by atoms with Crippen molar-refractivity contribution in [2.24, 2.45) is 0 Å². The Morgan fingerprint density at radius 1 is 1.25 bits per heavy atom. The molecule has 0 saturated heterocycles. The molecule has 2 rings (SSSR count). The van der Waals surface area contributed by atoms with Crippen LogP contribution in [0, 0.1) is 6.92 Å². The lowest BCUT2D eigenvalue weighted by Crippen LogP contribution is -2.18. The lowest BCUT2D eigenvalue weighted by molar-refractivity contribution is 0.0470. The number of aromatic nitrogens is 1. The molecule has 0 aliphatic carbocycles. The Balaban J connectivity index is 1.84. The first kappa shape index (κ1) is 18.6. The summed E-state index contributed by atoms with van der Waals surface area (Å²) in [6, 6.07) is 10.1. The lowest BCUT2D eigenvalue weighted by Gasteiger charge is -2.16. The van der Waals surface area contributed by atoms with E-state index in [0.29, 0.717) is 17.9 Å². The van der Waals surface area contributed by atoms with Gasteiger partial charge in [0.25, 0.3) is 0 Å². The first-order chi connectivity index (χ1) is 11.3. The average Bonchev–Trinajstić information content (AvgIpc) is 2.87. The van der Waals surface area contributed by atoms with Crippen LogP contribution < -0.4 is 0 Å². The predicted molar refractivity (Wildman–Crippen MR) is 96.5 cm³/mol. The second kappa shape index (κ2) is 8.40. The van der Waals surface area contributed by atoms with Gasteiger partial charge in [0.2, 0.25) is 0 Å². The Bertz CT molecular complexity index is 659. The fraction of sp³-hybridized carbons (Fsp3) is 0.474. The molecular formula is C19H25NO3S. The zero-order valence-corrected chi connectivity index (χ0v) is 15.4. The van der Waals surface area contributed by atoms with Crippen molar-refractivity contribution < 1.29 is 14.6 Å². The van der Waals surface area contributed by atoms with Gasteiger partial charge in [0, 0.05) is 6.42 Å². The average molecular weight is 347 g/mol. The molecule has 0 aliphatic rings. The molecule has 4 nitrogen and oxygen atoms in total. The molecule has 0 atom stereocenters. The van der Waals surface area contributed by atoms with E-state index in [1.807, 2.05) is 25.1 Å². The summed E-state index contributed by atoms with van der Waals surface area (Å²) in [6.45, 7) is 5.79. The summed E-state index contributed by atoms with van der Waals surface area (Å²) < 4.78 is 5.34. The van der Waals surface area contributed by atoms with Crippen LogP contribution in [-0.4, -0.2) is 28.3 Å². The molecule has 130 valence electrons. The number of nitrogens with zero attached hydrogens (tertiary/aromatic N) is 1. The van der Waals surface area contributed by atoms with Gasteiger partial charge in [-0.1, -0.05) is 30.3 Å². The molecule has 1 aromatic heterocycles. The Labute approximate surface area is 147 Å². The summed E-state index contributed by atoms with van der Waals surface area (Å²) in [5.74, 6) is -0.299. The Kier molecular flexibility index (Phi) is 6.52. The molecule has 0 spiro atoms. The van der Waals surface area contributed by atoms with Gasteiger partial charge < -0.3 is 9.84 Å². The number of thiazole rings is 1. The van der Waals surface area contributed by atoms with Gasteiger partial charge in [0.15, 0.2) is 0 Å². The SMILES string of the molecule is Cc1nc(Cc2ccccc2)sc1C(=O)OCCCCC(C)(C)O. The number of esters is 1. The van der Waals surface area contributed by atoms with Gasteiger partial charge in [-0.2, -0.15) is 0 Å². The van der Waals surface area contributed by atoms with Crippen LogP contribution in [0.25, 0.3) is 0 Å². The first-order valence-electron chi connectivity index (χ1n) is 8.25. The summed E-state index contributed by atoms with van der Waals surface area (Å²) in [7, 11) is 0. The first-order valence-corrected chi connectivity index (χ1v) is 9.06. The summed E-state index contributed by atoms with van der Waals surface area (Å²) in [4.78, 5) is 17.3. The predicted octanol–water partition coefficient (Wildman–Crippen LogP) is 4.14. The minimum Gasteiger partial charge on any atom is -0.461 e. The topological polar surface area (TPSA) is 59.4 Å². The Morgan fingerprint density at radius 2 is 1.96 bits per heavy atom. The van der Waals surface area contributed by atoms with E-state index in [9.17, 15) is 9.90 Å². The number of hydrogen-bond acceptors (Lipinski definition) is 5. The van der Waals surface area contributed by atoms with E-state index < -0.39 is 5.60 Å². The maximum Gasteiger partial charge on any atom is 0.350 e. The number of aliphatic hydroxyl groups is 1. The van der Waals surface area contributed by atoms with E-state index in [0.717, 1.165) is 30.0 Å². The molecule has 1 aromatic carbocycles. The van der Waals surface area contributed by atoms with E-state index in [1.54, 1.807) is 13.8 Å². The smallest absolute Gasteiger partial charge is 0.350 e. The van der Waals surface area contributed by atoms with Crippen LogP contribution in [-0.2, 0) is 11.2 Å². The van der Waals surface area contributed by atoms with E-state index in [4.69, 9.17) is 4.74 Å². The lowest BCUT2D eigenvalue weighted by atomic mass is 10.0. The molecule has 0 bridgehead atoms. The number of carbonyl (C=O) groups is 1. The molecule has 24 heavy (non-hydrogen) atoms. The van der Waals surface area contributed by atoms with Gasteiger partial charge in [-0.25, -0.2) is 9.78 Å². The maximum absolute atomic E-state index is 12.2. The van der Waals surface area contributed by atoms with Gasteiger partial charge in [0.1, 0.15) is 4.88 Å². The Hall–Kier alpha value is -1.72. The standard InChI is InChI=1S/C19H25NO3S/c1-14-17(18(21)23-12-8-7-11-19(2,3)22)24-16(20-14)13-15-9-5-4-6-10-15/h4-6,9-10,22H,7-8,11-13H2,1-3H3. The van der Waals surface area contributed by atoms with Crippen LogP contribution in [0.4, 0.5) is 0 Å². The number of rotatable bonds is 8. The number of unbranched alkanes of at least 4 members (excludes halogenated alkanes) is 1. The molecule has 0 aliphatic heterocycles. The monoisotopic (exact) mass is 347 g/mol. The van der Waals surface area contributed by atoms with Crippen LogP contribution in [0.5, 0.6) is 0 Å². The Morgan fingerprint density at radius 3 is 2.62 bits per heavy atom. The van der Waals surface area contributed by atoms with E-state index in [2.05, 4.69) is 17.1 Å². The van der Waals surface area contributed by atoms with Crippen molar-refractivity contribution >= 4 is 17.3 Å². The number of hydrogen-bond donors (Lipinski definition) is 1. The van der Waals surface area contributed by atoms with Crippen molar-refractivity contribution in [1.82, 2.24) is 4.98 Å². The minimum atomic E-state index is -0.662. The molecule has 0 unspecified atom stereocenters. The van der Waals surface area contributed by atoms with E-state index in [1.165, 1.54) is 16.9 Å². The molecule has 0 saturated carbocycles. The van der Waals surface area contributed by atoms with Crippen LogP contribution in [0.3, 0.4) is 0 Å². The van der Waals surface area contributed by atoms with Crippen molar-refractivity contribution in [3.05, 3.63) is 51.5 Å². The van der Waals surface area contributed by atoms with Crippen LogP contribution in [0.1, 0.15) is 59.0 Å². The van der Waals surface area contributed by atoms with Gasteiger partial charge in [-0.05, 0) is 45.6 Å². The van der Waals surface area contributed by atoms with Gasteiger partial charge in [-0.3, -0.25) is 0 Å². The molecule has 2 aromatic rings. The summed E-state index contributed by atoms with van der Waals surface area (Å²) in [5, 5.41) is 10.6. The van der Waals surface area contributed by atoms with Crippen molar-refractivity contribution in [3.8, 4) is 0 Å². The molecule has 0 radical (unpaired) electrons. The number of carbonyl (C=O) groups excluding carboxylic acids is 1. The van der Waals surface area contributed by atoms with Gasteiger partial charge in [0.05, 0.1) is 22.9 Å². The second-order valence-electron chi connectivity index (χ2n) is 6.59. The van der Waals surface area contributed by atoms with Crippen molar-refractivity contribution in [2.75, 3.05) is 6.61 Å². The normalized spacial score (nSPS) is 11.5. The highest BCUT2D eigenvalue weighted by Gasteiger charge is 2.17. The van der Waals surface area contributed by atoms with Gasteiger partial charge >= 0.3 is 5.97 Å². The van der Waals surface area contributed by atoms with Crippen molar-refractivity contribution in [2.45, 2.75) is 52.1 Å². The third-order valence-corrected chi connectivity index (χ3v) is 4.78. The van der Waals surface area contributed by atoms with Crippen LogP contribution >= 0.6 is 11.3 Å². The summed E-state index contributed by atoms with van der Waals surface area (Å²) >= 11 is 1.40. The third kappa shape index (κ3) is 6.06. The van der Waals surface area contributed by atoms with Crippen molar-refractivity contribution in [1.29, 1.82) is 0 Å². The number of ether oxygens (including phenoxy) is 1. The zero-order valence-electron chi connectivity index (χ0n) is 14.5. The van der Waals surface area contributed by atoms with Crippen LogP contribution in [0.2, 0.25) is 0 Å². The fourth-order valence-corrected chi connectivity index (χ4v) is 3.37.